The molecular formula is C10H9NO3. The Balaban J connectivity index is 2.24. The van der Waals surface area contributed by atoms with Crippen LogP contribution in [0.5, 0.6) is 0 Å². The molecule has 4 heteroatoms. The van der Waals surface area contributed by atoms with Gasteiger partial charge in [0, 0.05) is 6.42 Å². The lowest BCUT2D eigenvalue weighted by atomic mass is 9.94. The van der Waals surface area contributed by atoms with E-state index in [1.165, 1.54) is 6.08 Å². The molecule has 72 valence electrons. The monoisotopic (exact) mass is 191 g/mol. The lowest BCUT2D eigenvalue weighted by Crippen LogP contribution is -2.24. The molecule has 0 aromatic rings. The number of carbonyl (C=O) groups excluding carboxylic acids is 1. The fourth-order valence-corrected chi connectivity index (χ4v) is 1.31. The van der Waals surface area contributed by atoms with Crippen LogP contribution in [0.4, 0.5) is 0 Å². The van der Waals surface area contributed by atoms with Crippen molar-refractivity contribution >= 4 is 12.4 Å². The summed E-state index contributed by atoms with van der Waals surface area (Å²) in [4.78, 5) is 14.7. The van der Waals surface area contributed by atoms with Crippen molar-refractivity contribution in [2.75, 3.05) is 0 Å². The van der Waals surface area contributed by atoms with Gasteiger partial charge in [-0.15, -0.1) is 0 Å². The van der Waals surface area contributed by atoms with Gasteiger partial charge in [0.25, 0.3) is 0 Å². The van der Waals surface area contributed by atoms with Crippen molar-refractivity contribution in [2.24, 2.45) is 4.99 Å². The lowest BCUT2D eigenvalue weighted by Gasteiger charge is -2.20. The predicted octanol–water partition coefficient (Wildman–Crippen LogP) is 0.703. The third-order valence-corrected chi connectivity index (χ3v) is 2.02. The zero-order valence-electron chi connectivity index (χ0n) is 7.38. The van der Waals surface area contributed by atoms with Crippen molar-refractivity contribution in [1.29, 1.82) is 0 Å². The van der Waals surface area contributed by atoms with Crippen LogP contribution < -0.4 is 0 Å². The second-order valence-corrected chi connectivity index (χ2v) is 3.15. The molecule has 1 atom stereocenters. The van der Waals surface area contributed by atoms with Crippen LogP contribution in [0.3, 0.4) is 0 Å². The average molecular weight is 191 g/mol. The SMILES string of the molecule is O=C1OC=NC1=CC1(O)C=CC=CC1. The molecule has 14 heavy (non-hydrogen) atoms. The van der Waals surface area contributed by atoms with Crippen molar-refractivity contribution in [3.8, 4) is 0 Å². The normalized spacial score (nSPS) is 32.6. The molecule has 0 amide bonds. The molecule has 0 saturated heterocycles. The lowest BCUT2D eigenvalue weighted by molar-refractivity contribution is -0.129. The molecule has 1 N–H and O–H groups in total. The average Bonchev–Trinajstić information content (AvgIpc) is 2.52. The Hall–Kier alpha value is -1.68. The van der Waals surface area contributed by atoms with Gasteiger partial charge in [-0.1, -0.05) is 18.2 Å². The number of carbonyl (C=O) groups is 1. The fourth-order valence-electron chi connectivity index (χ4n) is 1.31. The van der Waals surface area contributed by atoms with Gasteiger partial charge in [0.1, 0.15) is 5.60 Å². The molecule has 0 bridgehead atoms. The van der Waals surface area contributed by atoms with Gasteiger partial charge in [-0.05, 0) is 12.2 Å². The Morgan fingerprint density at radius 1 is 1.57 bits per heavy atom. The van der Waals surface area contributed by atoms with Gasteiger partial charge in [-0.3, -0.25) is 0 Å². The number of nitrogens with zero attached hydrogens (tertiary/aromatic N) is 1. The Bertz CT molecular complexity index is 379. The molecular weight excluding hydrogens is 182 g/mol. The van der Waals surface area contributed by atoms with Gasteiger partial charge in [0.05, 0.1) is 0 Å². The minimum Gasteiger partial charge on any atom is -0.410 e. The van der Waals surface area contributed by atoms with Gasteiger partial charge >= 0.3 is 5.97 Å². The maximum Gasteiger partial charge on any atom is 0.363 e. The topological polar surface area (TPSA) is 58.9 Å². The first-order chi connectivity index (χ1) is 6.70. The van der Waals surface area contributed by atoms with Crippen LogP contribution >= 0.6 is 0 Å². The summed E-state index contributed by atoms with van der Waals surface area (Å²) in [5.74, 6) is -0.527. The molecule has 4 nitrogen and oxygen atoms in total. The number of hydrogen-bond acceptors (Lipinski definition) is 4. The van der Waals surface area contributed by atoms with Crippen LogP contribution in [0, 0.1) is 0 Å². The summed E-state index contributed by atoms with van der Waals surface area (Å²) in [5.41, 5.74) is -0.974. The first-order valence-corrected chi connectivity index (χ1v) is 4.23. The van der Waals surface area contributed by atoms with E-state index in [2.05, 4.69) is 9.73 Å². The highest BCUT2D eigenvalue weighted by molar-refractivity contribution is 5.98. The Labute approximate surface area is 80.9 Å². The zero-order chi connectivity index (χ0) is 10.0. The number of cyclic esters (lactones) is 1. The zero-order valence-corrected chi connectivity index (χ0v) is 7.38. The van der Waals surface area contributed by atoms with E-state index >= 15 is 0 Å². The molecule has 1 heterocycles. The minimum atomic E-state index is -1.12. The standard InChI is InChI=1S/C10H9NO3/c12-9-8(11-7-14-9)6-10(13)4-2-1-3-5-10/h1-4,6-7,13H,5H2. The minimum absolute atomic E-state index is 0.146. The second kappa shape index (κ2) is 3.23. The van der Waals surface area contributed by atoms with Crippen molar-refractivity contribution in [3.63, 3.8) is 0 Å². The number of allylic oxidation sites excluding steroid dienone is 2. The van der Waals surface area contributed by atoms with Gasteiger partial charge in [-0.25, -0.2) is 9.79 Å². The second-order valence-electron chi connectivity index (χ2n) is 3.15. The molecule has 2 aliphatic rings. The summed E-state index contributed by atoms with van der Waals surface area (Å²) in [6, 6.07) is 0. The van der Waals surface area contributed by atoms with Crippen LogP contribution in [0.25, 0.3) is 0 Å². The van der Waals surface area contributed by atoms with Crippen molar-refractivity contribution in [3.05, 3.63) is 36.1 Å². The summed E-state index contributed by atoms with van der Waals surface area (Å²) in [7, 11) is 0. The van der Waals surface area contributed by atoms with E-state index in [1.807, 2.05) is 12.2 Å². The summed E-state index contributed by atoms with van der Waals surface area (Å²) >= 11 is 0. The van der Waals surface area contributed by atoms with E-state index in [-0.39, 0.29) is 5.70 Å². The molecule has 0 spiro atoms. The van der Waals surface area contributed by atoms with E-state index in [0.29, 0.717) is 6.42 Å². The highest BCUT2D eigenvalue weighted by Gasteiger charge is 2.25. The molecule has 0 radical (unpaired) electrons. The summed E-state index contributed by atoms with van der Waals surface area (Å²) in [6.07, 6.45) is 9.91. The van der Waals surface area contributed by atoms with E-state index in [4.69, 9.17) is 0 Å². The van der Waals surface area contributed by atoms with E-state index in [0.717, 1.165) is 6.40 Å². The van der Waals surface area contributed by atoms with Crippen LogP contribution in [-0.2, 0) is 9.53 Å². The third kappa shape index (κ3) is 1.65. The first-order valence-electron chi connectivity index (χ1n) is 4.23. The van der Waals surface area contributed by atoms with Crippen molar-refractivity contribution < 1.29 is 14.6 Å². The molecule has 0 fully saturated rings. The maximum atomic E-state index is 11.0. The largest absolute Gasteiger partial charge is 0.410 e. The van der Waals surface area contributed by atoms with Crippen molar-refractivity contribution in [2.45, 2.75) is 12.0 Å². The van der Waals surface area contributed by atoms with Gasteiger partial charge in [0.15, 0.2) is 12.1 Å². The smallest absolute Gasteiger partial charge is 0.363 e. The summed E-state index contributed by atoms with van der Waals surface area (Å²) in [5, 5.41) is 9.95. The van der Waals surface area contributed by atoms with Gasteiger partial charge in [0.2, 0.25) is 0 Å². The first kappa shape index (κ1) is 8.90. The van der Waals surface area contributed by atoms with E-state index < -0.39 is 11.6 Å². The fraction of sp³-hybridized carbons (Fsp3) is 0.200. The predicted molar refractivity (Wildman–Crippen MR) is 50.5 cm³/mol. The number of rotatable bonds is 1. The van der Waals surface area contributed by atoms with E-state index in [9.17, 15) is 9.90 Å². The van der Waals surface area contributed by atoms with Crippen LogP contribution in [0.2, 0.25) is 0 Å². The highest BCUT2D eigenvalue weighted by atomic mass is 16.5. The number of esters is 1. The summed E-state index contributed by atoms with van der Waals surface area (Å²) < 4.78 is 4.50. The molecule has 2 rings (SSSR count). The molecule has 0 aromatic heterocycles. The number of hydrogen-bond donors (Lipinski definition) is 1. The molecule has 1 aliphatic carbocycles. The van der Waals surface area contributed by atoms with Gasteiger partial charge < -0.3 is 9.84 Å². The van der Waals surface area contributed by atoms with Crippen LogP contribution in [-0.4, -0.2) is 23.1 Å². The number of ether oxygens (including phenoxy) is 1. The molecule has 0 saturated carbocycles. The van der Waals surface area contributed by atoms with Gasteiger partial charge in [-0.2, -0.15) is 0 Å². The quantitative estimate of drug-likeness (QED) is 0.490. The third-order valence-electron chi connectivity index (χ3n) is 2.02. The molecule has 1 aliphatic heterocycles. The Kier molecular flexibility index (Phi) is 2.05. The van der Waals surface area contributed by atoms with Crippen LogP contribution in [0.1, 0.15) is 6.42 Å². The van der Waals surface area contributed by atoms with Crippen LogP contribution in [0.15, 0.2) is 41.1 Å². The van der Waals surface area contributed by atoms with Crippen molar-refractivity contribution in [1.82, 2.24) is 0 Å². The Morgan fingerprint density at radius 3 is 3.00 bits per heavy atom. The summed E-state index contributed by atoms with van der Waals surface area (Å²) in [6.45, 7) is 0. The molecule has 1 unspecified atom stereocenters. The number of aliphatic hydroxyl groups is 1. The van der Waals surface area contributed by atoms with E-state index in [1.54, 1.807) is 12.2 Å². The Morgan fingerprint density at radius 2 is 2.43 bits per heavy atom. The highest BCUT2D eigenvalue weighted by Crippen LogP contribution is 2.22. The number of aliphatic imine (C=N–C) groups is 1. The molecule has 0 aromatic carbocycles. The maximum absolute atomic E-state index is 11.0.